The highest BCUT2D eigenvalue weighted by atomic mass is 16.5. The maximum atomic E-state index is 12.6. The van der Waals surface area contributed by atoms with E-state index in [4.69, 9.17) is 4.74 Å². The number of anilines is 2. The van der Waals surface area contributed by atoms with Crippen molar-refractivity contribution in [1.29, 1.82) is 0 Å². The third-order valence-electron chi connectivity index (χ3n) is 6.42. The third kappa shape index (κ3) is 4.21. The molecular formula is C21H32N3O2+. The van der Waals surface area contributed by atoms with Crippen molar-refractivity contribution in [3.63, 3.8) is 0 Å². The SMILES string of the molecule is O=C(C[NH+]1CCC[C@@H]2CCCC[C@@H]21)Nc1ccc(N2CCOCC2)cc1. The zero-order valence-electron chi connectivity index (χ0n) is 15.7. The van der Waals surface area contributed by atoms with Crippen molar-refractivity contribution in [3.8, 4) is 0 Å². The number of nitrogens with zero attached hydrogens (tertiary/aromatic N) is 1. The van der Waals surface area contributed by atoms with E-state index in [1.165, 1.54) is 49.1 Å². The van der Waals surface area contributed by atoms with Crippen LogP contribution in [0.15, 0.2) is 24.3 Å². The standard InChI is InChI=1S/C21H31N3O2/c25-21(16-24-11-3-5-17-4-1-2-6-20(17)24)22-18-7-9-19(10-8-18)23-12-14-26-15-13-23/h7-10,17,20H,1-6,11-16H2,(H,22,25)/p+1/t17-,20-/m0/s1. The van der Waals surface area contributed by atoms with Gasteiger partial charge in [-0.25, -0.2) is 0 Å². The molecule has 5 heteroatoms. The van der Waals surface area contributed by atoms with Gasteiger partial charge in [-0.3, -0.25) is 4.79 Å². The lowest BCUT2D eigenvalue weighted by atomic mass is 9.78. The lowest BCUT2D eigenvalue weighted by Crippen LogP contribution is -3.18. The molecule has 2 heterocycles. The summed E-state index contributed by atoms with van der Waals surface area (Å²) in [7, 11) is 0. The van der Waals surface area contributed by atoms with Gasteiger partial charge in [-0.1, -0.05) is 6.42 Å². The van der Waals surface area contributed by atoms with Gasteiger partial charge >= 0.3 is 0 Å². The predicted molar refractivity (Wildman–Crippen MR) is 104 cm³/mol. The Morgan fingerprint density at radius 3 is 2.62 bits per heavy atom. The Balaban J connectivity index is 1.31. The molecule has 142 valence electrons. The van der Waals surface area contributed by atoms with Gasteiger partial charge in [0.25, 0.3) is 5.91 Å². The van der Waals surface area contributed by atoms with Crippen LogP contribution in [0.25, 0.3) is 0 Å². The van der Waals surface area contributed by atoms with E-state index in [1.807, 2.05) is 12.1 Å². The van der Waals surface area contributed by atoms with E-state index in [9.17, 15) is 4.79 Å². The molecule has 26 heavy (non-hydrogen) atoms. The number of hydrogen-bond donors (Lipinski definition) is 2. The summed E-state index contributed by atoms with van der Waals surface area (Å²) >= 11 is 0. The van der Waals surface area contributed by atoms with E-state index >= 15 is 0 Å². The Kier molecular flexibility index (Phi) is 5.75. The number of ether oxygens (including phenoxy) is 1. The van der Waals surface area contributed by atoms with Gasteiger partial charge in [0.2, 0.25) is 0 Å². The Bertz CT molecular complexity index is 596. The molecule has 4 rings (SSSR count). The van der Waals surface area contributed by atoms with Crippen molar-refractivity contribution < 1.29 is 14.4 Å². The first-order chi connectivity index (χ1) is 12.8. The Hall–Kier alpha value is -1.59. The van der Waals surface area contributed by atoms with Crippen molar-refractivity contribution in [2.45, 2.75) is 44.6 Å². The zero-order valence-corrected chi connectivity index (χ0v) is 15.7. The first kappa shape index (κ1) is 17.8. The van der Waals surface area contributed by atoms with Crippen LogP contribution in [0.3, 0.4) is 0 Å². The fourth-order valence-electron chi connectivity index (χ4n) is 5.08. The van der Waals surface area contributed by atoms with E-state index in [0.29, 0.717) is 12.6 Å². The van der Waals surface area contributed by atoms with E-state index in [1.54, 1.807) is 0 Å². The van der Waals surface area contributed by atoms with Crippen molar-refractivity contribution in [3.05, 3.63) is 24.3 Å². The van der Waals surface area contributed by atoms with Crippen LogP contribution >= 0.6 is 0 Å². The number of rotatable bonds is 4. The highest BCUT2D eigenvalue weighted by Crippen LogP contribution is 2.28. The fraction of sp³-hybridized carbons (Fsp3) is 0.667. The summed E-state index contributed by atoms with van der Waals surface area (Å²) in [6, 6.07) is 8.97. The molecule has 2 saturated heterocycles. The molecule has 1 amide bonds. The Morgan fingerprint density at radius 1 is 1.08 bits per heavy atom. The second-order valence-corrected chi connectivity index (χ2v) is 8.07. The monoisotopic (exact) mass is 358 g/mol. The van der Waals surface area contributed by atoms with Gasteiger partial charge in [0.1, 0.15) is 0 Å². The average molecular weight is 359 g/mol. The molecule has 1 unspecified atom stereocenters. The number of morpholine rings is 1. The van der Waals surface area contributed by atoms with Gasteiger partial charge in [-0.05, 0) is 56.4 Å². The number of likely N-dealkylation sites (tertiary alicyclic amines) is 1. The minimum absolute atomic E-state index is 0.158. The van der Waals surface area contributed by atoms with Crippen molar-refractivity contribution in [2.75, 3.05) is 49.6 Å². The molecule has 3 aliphatic rings. The van der Waals surface area contributed by atoms with Crippen LogP contribution in [-0.2, 0) is 9.53 Å². The first-order valence-corrected chi connectivity index (χ1v) is 10.4. The lowest BCUT2D eigenvalue weighted by Gasteiger charge is -2.40. The smallest absolute Gasteiger partial charge is 0.279 e. The number of fused-ring (bicyclic) bond motifs is 1. The predicted octanol–water partition coefficient (Wildman–Crippen LogP) is 1.70. The second-order valence-electron chi connectivity index (χ2n) is 8.07. The summed E-state index contributed by atoms with van der Waals surface area (Å²) in [5, 5.41) is 3.11. The van der Waals surface area contributed by atoms with Crippen LogP contribution < -0.4 is 15.1 Å². The van der Waals surface area contributed by atoms with Crippen LogP contribution in [0.2, 0.25) is 0 Å². The number of quaternary nitrogens is 1. The maximum absolute atomic E-state index is 12.6. The zero-order chi connectivity index (χ0) is 17.8. The van der Waals surface area contributed by atoms with Gasteiger partial charge in [0, 0.05) is 30.4 Å². The van der Waals surface area contributed by atoms with Gasteiger partial charge < -0.3 is 19.9 Å². The number of benzene rings is 1. The van der Waals surface area contributed by atoms with Crippen LogP contribution in [0.4, 0.5) is 11.4 Å². The normalized spacial score (nSPS) is 29.1. The van der Waals surface area contributed by atoms with Crippen LogP contribution in [0.5, 0.6) is 0 Å². The van der Waals surface area contributed by atoms with Gasteiger partial charge in [-0.15, -0.1) is 0 Å². The molecule has 3 fully saturated rings. The fourth-order valence-corrected chi connectivity index (χ4v) is 5.08. The molecule has 0 spiro atoms. The molecule has 0 bridgehead atoms. The number of amides is 1. The molecule has 2 aliphatic heterocycles. The number of carbonyl (C=O) groups is 1. The lowest BCUT2D eigenvalue weighted by molar-refractivity contribution is -0.928. The highest BCUT2D eigenvalue weighted by Gasteiger charge is 2.37. The third-order valence-corrected chi connectivity index (χ3v) is 6.42. The van der Waals surface area contributed by atoms with Gasteiger partial charge in [0.05, 0.1) is 25.8 Å². The maximum Gasteiger partial charge on any atom is 0.279 e. The molecule has 0 radical (unpaired) electrons. The molecule has 1 aliphatic carbocycles. The van der Waals surface area contributed by atoms with Crippen LogP contribution in [0, 0.1) is 5.92 Å². The Morgan fingerprint density at radius 2 is 1.81 bits per heavy atom. The first-order valence-electron chi connectivity index (χ1n) is 10.4. The van der Waals surface area contributed by atoms with Gasteiger partial charge in [0.15, 0.2) is 6.54 Å². The molecule has 1 aromatic rings. The molecule has 2 N–H and O–H groups in total. The molecule has 0 aromatic heterocycles. The summed E-state index contributed by atoms with van der Waals surface area (Å²) in [6.45, 7) is 5.23. The van der Waals surface area contributed by atoms with Crippen molar-refractivity contribution in [1.82, 2.24) is 0 Å². The molecule has 1 aromatic carbocycles. The van der Waals surface area contributed by atoms with Crippen LogP contribution in [-0.4, -0.2) is 51.3 Å². The summed E-state index contributed by atoms with van der Waals surface area (Å²) < 4.78 is 5.41. The number of hydrogen-bond acceptors (Lipinski definition) is 3. The van der Waals surface area contributed by atoms with E-state index in [0.717, 1.165) is 44.5 Å². The topological polar surface area (TPSA) is 46.0 Å². The van der Waals surface area contributed by atoms with Crippen LogP contribution in [0.1, 0.15) is 38.5 Å². The molecule has 5 nitrogen and oxygen atoms in total. The minimum Gasteiger partial charge on any atom is -0.378 e. The number of nitrogens with one attached hydrogen (secondary N) is 2. The summed E-state index contributed by atoms with van der Waals surface area (Å²) in [4.78, 5) is 16.4. The van der Waals surface area contributed by atoms with E-state index < -0.39 is 0 Å². The quantitative estimate of drug-likeness (QED) is 0.861. The summed E-state index contributed by atoms with van der Waals surface area (Å²) in [5.41, 5.74) is 2.11. The molecule has 3 atom stereocenters. The van der Waals surface area contributed by atoms with E-state index in [2.05, 4.69) is 22.3 Å². The minimum atomic E-state index is 0.158. The number of piperidine rings is 1. The van der Waals surface area contributed by atoms with Crippen molar-refractivity contribution >= 4 is 17.3 Å². The average Bonchev–Trinajstić information content (AvgIpc) is 2.69. The molecular weight excluding hydrogens is 326 g/mol. The Labute approximate surface area is 156 Å². The highest BCUT2D eigenvalue weighted by molar-refractivity contribution is 5.91. The second kappa shape index (κ2) is 8.40. The summed E-state index contributed by atoms with van der Waals surface area (Å²) in [6.07, 6.45) is 8.06. The number of carbonyl (C=O) groups excluding carboxylic acids is 1. The largest absolute Gasteiger partial charge is 0.378 e. The molecule has 1 saturated carbocycles. The summed E-state index contributed by atoms with van der Waals surface area (Å²) in [5.74, 6) is 1.01. The van der Waals surface area contributed by atoms with Gasteiger partial charge in [-0.2, -0.15) is 0 Å². The van der Waals surface area contributed by atoms with Crippen molar-refractivity contribution in [2.24, 2.45) is 5.92 Å². The van der Waals surface area contributed by atoms with E-state index in [-0.39, 0.29) is 5.91 Å².